The van der Waals surface area contributed by atoms with Gasteiger partial charge in [-0.05, 0) is 51.5 Å². The zero-order chi connectivity index (χ0) is 14.9. The molecule has 1 aliphatic heterocycles. The first kappa shape index (κ1) is 15.8. The first-order chi connectivity index (χ1) is 10.1. The Labute approximate surface area is 130 Å². The summed E-state index contributed by atoms with van der Waals surface area (Å²) in [6.07, 6.45) is 10.0. The molecule has 3 heteroatoms. The highest BCUT2D eigenvalue weighted by Crippen LogP contribution is 2.44. The van der Waals surface area contributed by atoms with Crippen molar-refractivity contribution in [2.24, 2.45) is 11.3 Å². The molecule has 2 aliphatic carbocycles. The van der Waals surface area contributed by atoms with Crippen LogP contribution in [-0.2, 0) is 4.74 Å². The van der Waals surface area contributed by atoms with Crippen LogP contribution in [0.4, 0.5) is 0 Å². The van der Waals surface area contributed by atoms with Crippen LogP contribution in [0.15, 0.2) is 0 Å². The quantitative estimate of drug-likeness (QED) is 0.817. The smallest absolute Gasteiger partial charge is 0.0655 e. The number of nitrogens with one attached hydrogen (secondary N) is 2. The average Bonchev–Trinajstić information content (AvgIpc) is 2.95. The van der Waals surface area contributed by atoms with Gasteiger partial charge in [-0.15, -0.1) is 0 Å². The SMILES string of the molecule is CCOC1CC(NC2CCCC2C2CCCCN2)C1(C)C. The van der Waals surface area contributed by atoms with E-state index in [1.54, 1.807) is 0 Å². The van der Waals surface area contributed by atoms with Gasteiger partial charge < -0.3 is 15.4 Å². The molecule has 3 aliphatic rings. The van der Waals surface area contributed by atoms with Crippen LogP contribution in [0, 0.1) is 11.3 Å². The van der Waals surface area contributed by atoms with E-state index in [0.717, 1.165) is 24.6 Å². The average molecular weight is 294 g/mol. The molecule has 2 N–H and O–H groups in total. The third kappa shape index (κ3) is 3.16. The summed E-state index contributed by atoms with van der Waals surface area (Å²) in [5.74, 6) is 0.854. The molecule has 1 saturated heterocycles. The second kappa shape index (κ2) is 6.55. The minimum absolute atomic E-state index is 0.295. The lowest BCUT2D eigenvalue weighted by molar-refractivity contribution is -0.117. The summed E-state index contributed by atoms with van der Waals surface area (Å²) in [5.41, 5.74) is 0.295. The number of rotatable bonds is 5. The van der Waals surface area contributed by atoms with Crippen LogP contribution in [-0.4, -0.2) is 37.4 Å². The second-order valence-electron chi connectivity index (χ2n) is 7.98. The Morgan fingerprint density at radius 1 is 1.14 bits per heavy atom. The van der Waals surface area contributed by atoms with Gasteiger partial charge in [0.2, 0.25) is 0 Å². The molecule has 3 nitrogen and oxygen atoms in total. The fourth-order valence-electron chi connectivity index (χ4n) is 4.83. The van der Waals surface area contributed by atoms with Gasteiger partial charge in [0.25, 0.3) is 0 Å². The Kier molecular flexibility index (Phi) is 4.92. The number of hydrogen-bond donors (Lipinski definition) is 2. The Hall–Kier alpha value is -0.120. The lowest BCUT2D eigenvalue weighted by Crippen LogP contribution is -2.64. The summed E-state index contributed by atoms with van der Waals surface area (Å²) in [4.78, 5) is 0. The standard InChI is InChI=1S/C18H34N2O/c1-4-21-17-12-16(18(17,2)3)20-15-10-7-8-13(15)14-9-5-6-11-19-14/h13-17,19-20H,4-12H2,1-3H3. The van der Waals surface area contributed by atoms with Gasteiger partial charge in [-0.3, -0.25) is 0 Å². The van der Waals surface area contributed by atoms with Gasteiger partial charge >= 0.3 is 0 Å². The zero-order valence-corrected chi connectivity index (χ0v) is 14.2. The summed E-state index contributed by atoms with van der Waals surface area (Å²) in [7, 11) is 0. The van der Waals surface area contributed by atoms with Crippen LogP contribution in [0.1, 0.15) is 65.7 Å². The highest BCUT2D eigenvalue weighted by molar-refractivity contribution is 5.05. The topological polar surface area (TPSA) is 33.3 Å². The van der Waals surface area contributed by atoms with Crippen LogP contribution in [0.25, 0.3) is 0 Å². The third-order valence-electron chi connectivity index (χ3n) is 6.40. The van der Waals surface area contributed by atoms with Gasteiger partial charge in [0.05, 0.1) is 6.10 Å². The van der Waals surface area contributed by atoms with E-state index in [9.17, 15) is 0 Å². The number of hydrogen-bond acceptors (Lipinski definition) is 3. The van der Waals surface area contributed by atoms with E-state index in [2.05, 4.69) is 31.4 Å². The molecule has 0 radical (unpaired) electrons. The lowest BCUT2D eigenvalue weighted by Gasteiger charge is -2.53. The number of ether oxygens (including phenoxy) is 1. The highest BCUT2D eigenvalue weighted by Gasteiger charge is 2.50. The first-order valence-electron chi connectivity index (χ1n) is 9.24. The van der Waals surface area contributed by atoms with Crippen LogP contribution in [0.2, 0.25) is 0 Å². The predicted molar refractivity (Wildman–Crippen MR) is 87.5 cm³/mol. The fraction of sp³-hybridized carbons (Fsp3) is 1.00. The zero-order valence-electron chi connectivity index (χ0n) is 14.2. The molecule has 0 aromatic heterocycles. The summed E-state index contributed by atoms with van der Waals surface area (Å²) in [6.45, 7) is 8.93. The fourth-order valence-corrected chi connectivity index (χ4v) is 4.83. The van der Waals surface area contributed by atoms with E-state index in [1.807, 2.05) is 0 Å². The normalized spacial score (nSPS) is 42.7. The van der Waals surface area contributed by atoms with E-state index in [4.69, 9.17) is 4.74 Å². The van der Waals surface area contributed by atoms with Crippen molar-refractivity contribution < 1.29 is 4.74 Å². The molecule has 0 amide bonds. The summed E-state index contributed by atoms with van der Waals surface area (Å²) >= 11 is 0. The molecule has 5 atom stereocenters. The number of piperidine rings is 1. The molecule has 0 bridgehead atoms. The lowest BCUT2D eigenvalue weighted by atomic mass is 9.64. The first-order valence-corrected chi connectivity index (χ1v) is 9.24. The van der Waals surface area contributed by atoms with Gasteiger partial charge in [0.15, 0.2) is 0 Å². The summed E-state index contributed by atoms with van der Waals surface area (Å²) < 4.78 is 5.88. The highest BCUT2D eigenvalue weighted by atomic mass is 16.5. The van der Waals surface area contributed by atoms with Crippen molar-refractivity contribution in [2.75, 3.05) is 13.2 Å². The molecular weight excluding hydrogens is 260 g/mol. The van der Waals surface area contributed by atoms with E-state index in [1.165, 1.54) is 51.5 Å². The molecule has 3 rings (SSSR count). The van der Waals surface area contributed by atoms with Crippen molar-refractivity contribution in [1.29, 1.82) is 0 Å². The maximum Gasteiger partial charge on any atom is 0.0655 e. The maximum absolute atomic E-state index is 5.88. The summed E-state index contributed by atoms with van der Waals surface area (Å²) in [6, 6.07) is 2.14. The van der Waals surface area contributed by atoms with Crippen LogP contribution in [0.3, 0.4) is 0 Å². The van der Waals surface area contributed by atoms with Crippen molar-refractivity contribution in [1.82, 2.24) is 10.6 Å². The van der Waals surface area contributed by atoms with Crippen molar-refractivity contribution >= 4 is 0 Å². The monoisotopic (exact) mass is 294 g/mol. The van der Waals surface area contributed by atoms with Crippen LogP contribution >= 0.6 is 0 Å². The van der Waals surface area contributed by atoms with Crippen LogP contribution in [0.5, 0.6) is 0 Å². The minimum Gasteiger partial charge on any atom is -0.378 e. The van der Waals surface area contributed by atoms with Gasteiger partial charge in [-0.2, -0.15) is 0 Å². The van der Waals surface area contributed by atoms with Crippen molar-refractivity contribution in [2.45, 2.75) is 89.9 Å². The van der Waals surface area contributed by atoms with Crippen molar-refractivity contribution in [3.8, 4) is 0 Å². The molecule has 1 heterocycles. The molecular formula is C18H34N2O. The van der Waals surface area contributed by atoms with E-state index in [-0.39, 0.29) is 0 Å². The molecule has 0 aromatic carbocycles. The molecule has 21 heavy (non-hydrogen) atoms. The molecule has 0 aromatic rings. The van der Waals surface area contributed by atoms with E-state index < -0.39 is 0 Å². The minimum atomic E-state index is 0.295. The van der Waals surface area contributed by atoms with Gasteiger partial charge in [-0.25, -0.2) is 0 Å². The molecule has 3 fully saturated rings. The Bertz CT molecular complexity index is 338. The van der Waals surface area contributed by atoms with Crippen molar-refractivity contribution in [3.63, 3.8) is 0 Å². The largest absolute Gasteiger partial charge is 0.378 e. The molecule has 0 spiro atoms. The molecule has 2 saturated carbocycles. The Morgan fingerprint density at radius 2 is 2.00 bits per heavy atom. The van der Waals surface area contributed by atoms with Gasteiger partial charge in [0, 0.05) is 30.1 Å². The molecule has 122 valence electrons. The van der Waals surface area contributed by atoms with E-state index >= 15 is 0 Å². The van der Waals surface area contributed by atoms with Gasteiger partial charge in [0.1, 0.15) is 0 Å². The predicted octanol–water partition coefficient (Wildman–Crippen LogP) is 3.09. The molecule has 5 unspecified atom stereocenters. The van der Waals surface area contributed by atoms with E-state index in [0.29, 0.717) is 17.6 Å². The Morgan fingerprint density at radius 3 is 2.67 bits per heavy atom. The maximum atomic E-state index is 5.88. The second-order valence-corrected chi connectivity index (χ2v) is 7.98. The van der Waals surface area contributed by atoms with Gasteiger partial charge in [-0.1, -0.05) is 26.7 Å². The van der Waals surface area contributed by atoms with Crippen molar-refractivity contribution in [3.05, 3.63) is 0 Å². The summed E-state index contributed by atoms with van der Waals surface area (Å²) in [5, 5.41) is 7.81. The van der Waals surface area contributed by atoms with Crippen LogP contribution < -0.4 is 10.6 Å². The Balaban J connectivity index is 1.54. The third-order valence-corrected chi connectivity index (χ3v) is 6.40.